The average molecular weight is 525 g/mol. The number of carbonyl (C=O) groups is 4. The van der Waals surface area contributed by atoms with Crippen molar-refractivity contribution in [2.45, 2.75) is 106 Å². The van der Waals surface area contributed by atoms with Crippen molar-refractivity contribution < 1.29 is 28.7 Å². The van der Waals surface area contributed by atoms with Crippen molar-refractivity contribution in [1.82, 2.24) is 10.6 Å². The van der Waals surface area contributed by atoms with Crippen LogP contribution in [0.4, 0.5) is 0 Å². The molecule has 0 aliphatic carbocycles. The van der Waals surface area contributed by atoms with Gasteiger partial charge in [-0.1, -0.05) is 49.3 Å². The second kappa shape index (κ2) is 22.1. The zero-order valence-corrected chi connectivity index (χ0v) is 24.6. The van der Waals surface area contributed by atoms with E-state index in [0.717, 1.165) is 11.5 Å². The standard InChI is InChI=1S/C20H36N2O6S2.2C2H6/c1-19(2,3)27-17(25)13-21-15(23)9-7-11-29-30-12-8-10-16(24)22-14-18(26)28-20(4,5)6;2*1-2/h7-14H2,1-6H3,(H,21,23)(H,22,24);2*1-2H3. The third-order valence-corrected chi connectivity index (χ3v) is 5.62. The van der Waals surface area contributed by atoms with Crippen molar-refractivity contribution in [2.75, 3.05) is 24.6 Å². The summed E-state index contributed by atoms with van der Waals surface area (Å²) in [5, 5.41) is 5.11. The molecule has 0 heterocycles. The molecule has 0 bridgehead atoms. The van der Waals surface area contributed by atoms with Crippen molar-refractivity contribution in [2.24, 2.45) is 0 Å². The molecule has 202 valence electrons. The van der Waals surface area contributed by atoms with Gasteiger partial charge >= 0.3 is 11.9 Å². The van der Waals surface area contributed by atoms with E-state index in [1.165, 1.54) is 0 Å². The van der Waals surface area contributed by atoms with Crippen LogP contribution < -0.4 is 10.6 Å². The van der Waals surface area contributed by atoms with Crippen LogP contribution in [-0.2, 0) is 28.7 Å². The zero-order chi connectivity index (χ0) is 27.2. The lowest BCUT2D eigenvalue weighted by atomic mass is 10.2. The van der Waals surface area contributed by atoms with E-state index in [0.29, 0.717) is 25.7 Å². The maximum Gasteiger partial charge on any atom is 0.325 e. The van der Waals surface area contributed by atoms with E-state index in [1.807, 2.05) is 27.7 Å². The van der Waals surface area contributed by atoms with Gasteiger partial charge in [-0.15, -0.1) is 0 Å². The highest BCUT2D eigenvalue weighted by Gasteiger charge is 2.17. The third-order valence-electron chi connectivity index (χ3n) is 3.05. The summed E-state index contributed by atoms with van der Waals surface area (Å²) < 4.78 is 10.2. The van der Waals surface area contributed by atoms with Crippen LogP contribution in [0.15, 0.2) is 0 Å². The van der Waals surface area contributed by atoms with Crippen molar-refractivity contribution in [3.05, 3.63) is 0 Å². The normalized spacial score (nSPS) is 10.5. The van der Waals surface area contributed by atoms with Gasteiger partial charge in [0.1, 0.15) is 24.3 Å². The van der Waals surface area contributed by atoms with Crippen LogP contribution in [0.25, 0.3) is 0 Å². The summed E-state index contributed by atoms with van der Waals surface area (Å²) in [4.78, 5) is 46.4. The molecule has 2 N–H and O–H groups in total. The Kier molecular flexibility index (Phi) is 24.1. The molecule has 0 radical (unpaired) electrons. The number of rotatable bonds is 13. The Morgan fingerprint density at radius 2 is 0.912 bits per heavy atom. The van der Waals surface area contributed by atoms with Crippen molar-refractivity contribution in [1.29, 1.82) is 0 Å². The van der Waals surface area contributed by atoms with Gasteiger partial charge in [0.15, 0.2) is 0 Å². The van der Waals surface area contributed by atoms with Gasteiger partial charge in [0.25, 0.3) is 0 Å². The first-order valence-corrected chi connectivity index (χ1v) is 14.5. The van der Waals surface area contributed by atoms with Crippen LogP contribution >= 0.6 is 21.6 Å². The van der Waals surface area contributed by atoms with Gasteiger partial charge in [-0.2, -0.15) is 0 Å². The lowest BCUT2D eigenvalue weighted by Crippen LogP contribution is -2.34. The first-order chi connectivity index (χ1) is 15.8. The van der Waals surface area contributed by atoms with E-state index in [9.17, 15) is 19.2 Å². The number of esters is 2. The summed E-state index contributed by atoms with van der Waals surface area (Å²) in [5.74, 6) is 0.359. The van der Waals surface area contributed by atoms with Gasteiger partial charge in [0, 0.05) is 24.3 Å². The van der Waals surface area contributed by atoms with Crippen LogP contribution in [0.1, 0.15) is 94.9 Å². The van der Waals surface area contributed by atoms with Crippen LogP contribution in [0.2, 0.25) is 0 Å². The SMILES string of the molecule is CC.CC.CC(C)(C)OC(=O)CNC(=O)CCCSSCCCC(=O)NCC(=O)OC(C)(C)C. The number of nitrogens with one attached hydrogen (secondary N) is 2. The first-order valence-electron chi connectivity index (χ1n) is 12.0. The monoisotopic (exact) mass is 524 g/mol. The molecule has 0 aromatic heterocycles. The molecule has 0 aromatic carbocycles. The second-order valence-electron chi connectivity index (χ2n) is 8.58. The molecule has 0 saturated carbocycles. The predicted octanol–water partition coefficient (Wildman–Crippen LogP) is 4.90. The maximum atomic E-state index is 11.7. The molecule has 0 unspecified atom stereocenters. The largest absolute Gasteiger partial charge is 0.459 e. The van der Waals surface area contributed by atoms with E-state index in [1.54, 1.807) is 63.1 Å². The molecule has 0 spiro atoms. The molecule has 0 aromatic rings. The summed E-state index contributed by atoms with van der Waals surface area (Å²) in [6.07, 6.45) is 2.11. The van der Waals surface area contributed by atoms with Gasteiger partial charge in [0.2, 0.25) is 11.8 Å². The predicted molar refractivity (Wildman–Crippen MR) is 144 cm³/mol. The Labute approximate surface area is 215 Å². The molecular formula is C24H48N2O6S2. The lowest BCUT2D eigenvalue weighted by Gasteiger charge is -2.19. The highest BCUT2D eigenvalue weighted by atomic mass is 33.1. The third kappa shape index (κ3) is 30.6. The molecular weight excluding hydrogens is 476 g/mol. The minimum atomic E-state index is -0.561. The second-order valence-corrected chi connectivity index (χ2v) is 11.3. The number of hydrogen-bond acceptors (Lipinski definition) is 8. The molecule has 10 heteroatoms. The fourth-order valence-corrected chi connectivity index (χ4v) is 4.15. The molecule has 0 atom stereocenters. The molecule has 0 saturated heterocycles. The Morgan fingerprint density at radius 1 is 0.618 bits per heavy atom. The maximum absolute atomic E-state index is 11.7. The minimum absolute atomic E-state index is 0.117. The van der Waals surface area contributed by atoms with E-state index >= 15 is 0 Å². The number of hydrogen-bond donors (Lipinski definition) is 2. The molecule has 0 fully saturated rings. The minimum Gasteiger partial charge on any atom is -0.459 e. The van der Waals surface area contributed by atoms with Crippen LogP contribution in [0.5, 0.6) is 0 Å². The van der Waals surface area contributed by atoms with Gasteiger partial charge in [0.05, 0.1) is 0 Å². The Hall–Kier alpha value is -1.42. The van der Waals surface area contributed by atoms with Gasteiger partial charge in [-0.3, -0.25) is 19.2 Å². The molecule has 0 aliphatic heterocycles. The van der Waals surface area contributed by atoms with E-state index in [4.69, 9.17) is 9.47 Å². The van der Waals surface area contributed by atoms with E-state index < -0.39 is 23.1 Å². The number of carbonyl (C=O) groups excluding carboxylic acids is 4. The van der Waals surface area contributed by atoms with Gasteiger partial charge in [-0.25, -0.2) is 0 Å². The molecule has 34 heavy (non-hydrogen) atoms. The average Bonchev–Trinajstić information content (AvgIpc) is 2.73. The van der Waals surface area contributed by atoms with Crippen molar-refractivity contribution >= 4 is 45.3 Å². The summed E-state index contributed by atoms with van der Waals surface area (Å²) >= 11 is 0. The number of ether oxygens (including phenoxy) is 2. The first kappa shape index (κ1) is 37.1. The van der Waals surface area contributed by atoms with Crippen molar-refractivity contribution in [3.8, 4) is 0 Å². The Balaban J connectivity index is -0.00000227. The number of amides is 2. The van der Waals surface area contributed by atoms with Crippen LogP contribution in [0, 0.1) is 0 Å². The Bertz CT molecular complexity index is 523. The topological polar surface area (TPSA) is 111 Å². The summed E-state index contributed by atoms with van der Waals surface area (Å²) in [6, 6.07) is 0. The highest BCUT2D eigenvalue weighted by molar-refractivity contribution is 8.76. The Morgan fingerprint density at radius 3 is 1.18 bits per heavy atom. The lowest BCUT2D eigenvalue weighted by molar-refractivity contribution is -0.155. The molecule has 8 nitrogen and oxygen atoms in total. The van der Waals surface area contributed by atoms with Gasteiger partial charge < -0.3 is 20.1 Å². The highest BCUT2D eigenvalue weighted by Crippen LogP contribution is 2.23. The van der Waals surface area contributed by atoms with Crippen LogP contribution in [-0.4, -0.2) is 59.6 Å². The van der Waals surface area contributed by atoms with Gasteiger partial charge in [-0.05, 0) is 54.4 Å². The fourth-order valence-electron chi connectivity index (χ4n) is 1.97. The molecule has 0 rings (SSSR count). The summed E-state index contributed by atoms with van der Waals surface area (Å²) in [6.45, 7) is 18.4. The smallest absolute Gasteiger partial charge is 0.325 e. The molecule has 0 aliphatic rings. The van der Waals surface area contributed by atoms with Crippen LogP contribution in [0.3, 0.4) is 0 Å². The summed E-state index contributed by atoms with van der Waals surface area (Å²) in [7, 11) is 3.29. The zero-order valence-electron chi connectivity index (χ0n) is 22.9. The summed E-state index contributed by atoms with van der Waals surface area (Å²) in [5.41, 5.74) is -1.12. The fraction of sp³-hybridized carbons (Fsp3) is 0.833. The molecule has 2 amide bonds. The van der Waals surface area contributed by atoms with Crippen molar-refractivity contribution in [3.63, 3.8) is 0 Å². The van der Waals surface area contributed by atoms with E-state index in [-0.39, 0.29) is 24.9 Å². The quantitative estimate of drug-likeness (QED) is 0.199. The van der Waals surface area contributed by atoms with E-state index in [2.05, 4.69) is 10.6 Å².